The molecule has 1 N–H and O–H groups in total. The van der Waals surface area contributed by atoms with E-state index in [4.69, 9.17) is 4.74 Å². The third-order valence-electron chi connectivity index (χ3n) is 7.03. The van der Waals surface area contributed by atoms with E-state index in [1.165, 1.54) is 38.5 Å². The molecule has 2 saturated carbocycles. The number of nitrogens with zero attached hydrogens (tertiary/aromatic N) is 1. The molecule has 3 rings (SSSR count). The molecule has 5 nitrogen and oxygen atoms in total. The number of urea groups is 1. The normalized spacial score (nSPS) is 20.2. The first kappa shape index (κ1) is 22.6. The molecule has 0 spiro atoms. The van der Waals surface area contributed by atoms with E-state index in [9.17, 15) is 9.59 Å². The van der Waals surface area contributed by atoms with Crippen LogP contribution in [0.5, 0.6) is 5.75 Å². The van der Waals surface area contributed by atoms with Crippen molar-refractivity contribution >= 4 is 11.8 Å². The van der Waals surface area contributed by atoms with Gasteiger partial charge in [0.2, 0.25) is 0 Å². The Morgan fingerprint density at radius 3 is 1.87 bits per heavy atom. The Bertz CT molecular complexity index is 673. The van der Waals surface area contributed by atoms with E-state index >= 15 is 0 Å². The Hall–Kier alpha value is -2.04. The maximum atomic E-state index is 13.5. The average Bonchev–Trinajstić information content (AvgIpc) is 2.78. The van der Waals surface area contributed by atoms with Crippen LogP contribution in [-0.2, 0) is 4.79 Å². The summed E-state index contributed by atoms with van der Waals surface area (Å²) in [5.74, 6) is 0.686. The Kier molecular flexibility index (Phi) is 8.17. The van der Waals surface area contributed by atoms with Crippen molar-refractivity contribution in [3.63, 3.8) is 0 Å². The number of amides is 2. The summed E-state index contributed by atoms with van der Waals surface area (Å²) in [5.41, 5.74) is 1.03. The molecule has 5 heteroatoms. The molecular formula is C25H38N2O3. The molecule has 166 valence electrons. The van der Waals surface area contributed by atoms with E-state index in [-0.39, 0.29) is 17.7 Å². The molecule has 2 amide bonds. The number of benzene rings is 1. The number of nitrogens with one attached hydrogen (secondary N) is 1. The molecule has 0 radical (unpaired) electrons. The highest BCUT2D eigenvalue weighted by Gasteiger charge is 2.35. The summed E-state index contributed by atoms with van der Waals surface area (Å²) in [4.78, 5) is 28.2. The SMILES string of the molecule is COc1ccc([C@H](C)C(NC(=O)N(C2CCCCC2)C2CCCCC2)C(C)=O)cc1. The molecule has 1 unspecified atom stereocenters. The van der Waals surface area contributed by atoms with Crippen LogP contribution >= 0.6 is 0 Å². The van der Waals surface area contributed by atoms with Gasteiger partial charge >= 0.3 is 6.03 Å². The number of hydrogen-bond acceptors (Lipinski definition) is 3. The third kappa shape index (κ3) is 5.55. The van der Waals surface area contributed by atoms with Gasteiger partial charge in [-0.15, -0.1) is 0 Å². The van der Waals surface area contributed by atoms with E-state index in [1.54, 1.807) is 14.0 Å². The van der Waals surface area contributed by atoms with Crippen LogP contribution in [0, 0.1) is 0 Å². The standard InChI is InChI=1S/C25H38N2O3/c1-18(20-14-16-23(30-3)17-15-20)24(19(2)28)26-25(29)27(21-10-6-4-7-11-21)22-12-8-5-9-13-22/h14-18,21-22,24H,4-13H2,1-3H3,(H,26,29)/t18-,24?/m0/s1. The monoisotopic (exact) mass is 414 g/mol. The number of carbonyl (C=O) groups is 2. The van der Waals surface area contributed by atoms with Crippen molar-refractivity contribution in [2.24, 2.45) is 0 Å². The molecule has 0 aliphatic heterocycles. The van der Waals surface area contributed by atoms with Gasteiger partial charge in [0, 0.05) is 18.0 Å². The van der Waals surface area contributed by atoms with Crippen LogP contribution in [-0.4, -0.2) is 41.9 Å². The van der Waals surface area contributed by atoms with E-state index in [0.717, 1.165) is 37.0 Å². The van der Waals surface area contributed by atoms with Gasteiger partial charge in [0.05, 0.1) is 13.2 Å². The number of Topliss-reactive ketones (excluding diaryl/α,β-unsaturated/α-hetero) is 1. The second-order valence-corrected chi connectivity index (χ2v) is 9.09. The topological polar surface area (TPSA) is 58.6 Å². The maximum absolute atomic E-state index is 13.5. The number of carbonyl (C=O) groups excluding carboxylic acids is 2. The summed E-state index contributed by atoms with van der Waals surface area (Å²) in [6.45, 7) is 3.59. The van der Waals surface area contributed by atoms with Crippen molar-refractivity contribution in [3.05, 3.63) is 29.8 Å². The number of rotatable bonds is 7. The molecule has 2 fully saturated rings. The van der Waals surface area contributed by atoms with Gasteiger partial charge in [0.15, 0.2) is 5.78 Å². The molecule has 1 aromatic rings. The minimum Gasteiger partial charge on any atom is -0.497 e. The fourth-order valence-electron chi connectivity index (χ4n) is 5.23. The zero-order valence-corrected chi connectivity index (χ0v) is 18.9. The predicted octanol–water partition coefficient (Wildman–Crippen LogP) is 5.43. The van der Waals surface area contributed by atoms with Crippen molar-refractivity contribution in [2.45, 2.75) is 102 Å². The average molecular weight is 415 g/mol. The third-order valence-corrected chi connectivity index (χ3v) is 7.03. The Balaban J connectivity index is 1.76. The summed E-state index contributed by atoms with van der Waals surface area (Å²) in [7, 11) is 1.64. The van der Waals surface area contributed by atoms with E-state index in [2.05, 4.69) is 10.2 Å². The van der Waals surface area contributed by atoms with Crippen LogP contribution in [0.25, 0.3) is 0 Å². The zero-order valence-electron chi connectivity index (χ0n) is 18.9. The highest BCUT2D eigenvalue weighted by Crippen LogP contribution is 2.31. The Morgan fingerprint density at radius 2 is 1.43 bits per heavy atom. The fourth-order valence-corrected chi connectivity index (χ4v) is 5.23. The molecule has 1 aromatic carbocycles. The van der Waals surface area contributed by atoms with Gasteiger partial charge in [0.1, 0.15) is 5.75 Å². The zero-order chi connectivity index (χ0) is 21.5. The van der Waals surface area contributed by atoms with Crippen LogP contribution in [0.4, 0.5) is 4.79 Å². The Morgan fingerprint density at radius 1 is 0.933 bits per heavy atom. The molecule has 0 saturated heterocycles. The van der Waals surface area contributed by atoms with Gasteiger partial charge in [0.25, 0.3) is 0 Å². The van der Waals surface area contributed by atoms with Gasteiger partial charge in [-0.3, -0.25) is 4.79 Å². The number of methoxy groups -OCH3 is 1. The highest BCUT2D eigenvalue weighted by atomic mass is 16.5. The van der Waals surface area contributed by atoms with Crippen LogP contribution < -0.4 is 10.1 Å². The van der Waals surface area contributed by atoms with Crippen molar-refractivity contribution in [2.75, 3.05) is 7.11 Å². The van der Waals surface area contributed by atoms with Crippen LogP contribution in [0.1, 0.15) is 89.5 Å². The lowest BCUT2D eigenvalue weighted by molar-refractivity contribution is -0.119. The largest absolute Gasteiger partial charge is 0.497 e. The first-order chi connectivity index (χ1) is 14.5. The molecule has 2 aliphatic carbocycles. The summed E-state index contributed by atoms with van der Waals surface area (Å²) in [5, 5.41) is 3.14. The Labute approximate surface area is 181 Å². The van der Waals surface area contributed by atoms with Gasteiger partial charge in [-0.1, -0.05) is 57.6 Å². The summed E-state index contributed by atoms with van der Waals surface area (Å²) >= 11 is 0. The molecule has 2 atom stereocenters. The first-order valence-corrected chi connectivity index (χ1v) is 11.7. The van der Waals surface area contributed by atoms with Crippen LogP contribution in [0.2, 0.25) is 0 Å². The molecule has 0 aromatic heterocycles. The highest BCUT2D eigenvalue weighted by molar-refractivity contribution is 5.88. The maximum Gasteiger partial charge on any atom is 0.318 e. The summed E-state index contributed by atoms with van der Waals surface area (Å²) < 4.78 is 5.24. The molecule has 2 aliphatic rings. The molecule has 0 bridgehead atoms. The lowest BCUT2D eigenvalue weighted by Gasteiger charge is -2.42. The van der Waals surface area contributed by atoms with Crippen molar-refractivity contribution < 1.29 is 14.3 Å². The minimum absolute atomic E-state index is 0.00101. The van der Waals surface area contributed by atoms with E-state index < -0.39 is 6.04 Å². The number of ketones is 1. The molecular weight excluding hydrogens is 376 g/mol. The van der Waals surface area contributed by atoms with Crippen molar-refractivity contribution in [1.82, 2.24) is 10.2 Å². The van der Waals surface area contributed by atoms with Gasteiger partial charge in [-0.2, -0.15) is 0 Å². The fraction of sp³-hybridized carbons (Fsp3) is 0.680. The first-order valence-electron chi connectivity index (χ1n) is 11.7. The number of ether oxygens (including phenoxy) is 1. The van der Waals surface area contributed by atoms with E-state index in [1.807, 2.05) is 31.2 Å². The second kappa shape index (κ2) is 10.8. The van der Waals surface area contributed by atoms with Gasteiger partial charge < -0.3 is 15.0 Å². The molecule has 0 heterocycles. The van der Waals surface area contributed by atoms with E-state index in [0.29, 0.717) is 12.1 Å². The lowest BCUT2D eigenvalue weighted by Crippen LogP contribution is -2.56. The number of hydrogen-bond donors (Lipinski definition) is 1. The van der Waals surface area contributed by atoms with Crippen molar-refractivity contribution in [3.8, 4) is 5.75 Å². The van der Waals surface area contributed by atoms with Crippen LogP contribution in [0.3, 0.4) is 0 Å². The minimum atomic E-state index is -0.527. The summed E-state index contributed by atoms with van der Waals surface area (Å²) in [6, 6.07) is 7.81. The quantitative estimate of drug-likeness (QED) is 0.647. The van der Waals surface area contributed by atoms with Gasteiger partial charge in [-0.05, 0) is 50.3 Å². The lowest BCUT2D eigenvalue weighted by atomic mass is 9.88. The predicted molar refractivity (Wildman–Crippen MR) is 120 cm³/mol. The second-order valence-electron chi connectivity index (χ2n) is 9.09. The summed E-state index contributed by atoms with van der Waals surface area (Å²) in [6.07, 6.45) is 11.7. The van der Waals surface area contributed by atoms with Crippen LogP contribution in [0.15, 0.2) is 24.3 Å². The van der Waals surface area contributed by atoms with Crippen molar-refractivity contribution in [1.29, 1.82) is 0 Å². The molecule has 30 heavy (non-hydrogen) atoms. The van der Waals surface area contributed by atoms with Gasteiger partial charge in [-0.25, -0.2) is 4.79 Å². The smallest absolute Gasteiger partial charge is 0.318 e.